The summed E-state index contributed by atoms with van der Waals surface area (Å²) in [6, 6.07) is -0.850. The standard InChI is InChI=1S/C20H22N4O3/c1-5-6-7-8-10-15-13-21-18(22-15)16-11-9-12-24(16)19(25)17(14(2)3)23-20(26)27-4/h1,13-14,16-17H,9,11-12H2,2-4H3,(H,21,22)(H,23,26). The molecule has 1 fully saturated rings. The highest BCUT2D eigenvalue weighted by Crippen LogP contribution is 2.31. The Kier molecular flexibility index (Phi) is 6.92. The van der Waals surface area contributed by atoms with Crippen molar-refractivity contribution in [2.75, 3.05) is 13.7 Å². The topological polar surface area (TPSA) is 87.3 Å². The Morgan fingerprint density at radius 3 is 2.85 bits per heavy atom. The lowest BCUT2D eigenvalue weighted by molar-refractivity contribution is -0.135. The van der Waals surface area contributed by atoms with Crippen LogP contribution in [0.25, 0.3) is 0 Å². The summed E-state index contributed by atoms with van der Waals surface area (Å²) in [6.07, 6.45) is 7.66. The number of rotatable bonds is 4. The van der Waals surface area contributed by atoms with E-state index in [0.717, 1.165) is 12.8 Å². The highest BCUT2D eigenvalue weighted by Gasteiger charge is 2.37. The van der Waals surface area contributed by atoms with Gasteiger partial charge in [-0.3, -0.25) is 4.79 Å². The Bertz CT molecular complexity index is 858. The number of ether oxygens (including phenoxy) is 1. The van der Waals surface area contributed by atoms with Crippen molar-refractivity contribution in [3.05, 3.63) is 17.7 Å². The SMILES string of the molecule is C#CC#CC#Cc1cnc(C2CCCN2C(=O)C(NC(=O)OC)C(C)C)[nH]1. The van der Waals surface area contributed by atoms with Crippen LogP contribution in [0.5, 0.6) is 0 Å². The summed E-state index contributed by atoms with van der Waals surface area (Å²) in [4.78, 5) is 33.8. The first-order valence-electron chi connectivity index (χ1n) is 8.64. The summed E-state index contributed by atoms with van der Waals surface area (Å²) < 4.78 is 4.64. The third-order valence-electron chi connectivity index (χ3n) is 4.23. The van der Waals surface area contributed by atoms with Crippen molar-refractivity contribution < 1.29 is 14.3 Å². The first-order valence-corrected chi connectivity index (χ1v) is 8.64. The van der Waals surface area contributed by atoms with Crippen LogP contribution in [-0.2, 0) is 9.53 Å². The minimum atomic E-state index is -0.661. The van der Waals surface area contributed by atoms with Crippen LogP contribution < -0.4 is 5.32 Å². The van der Waals surface area contributed by atoms with Gasteiger partial charge in [0.05, 0.1) is 19.3 Å². The van der Waals surface area contributed by atoms with Gasteiger partial charge in [-0.2, -0.15) is 0 Å². The predicted molar refractivity (Wildman–Crippen MR) is 99.9 cm³/mol. The fourth-order valence-corrected chi connectivity index (χ4v) is 2.93. The maximum atomic E-state index is 13.0. The van der Waals surface area contributed by atoms with Crippen molar-refractivity contribution >= 4 is 12.0 Å². The van der Waals surface area contributed by atoms with Crippen LogP contribution in [0.4, 0.5) is 4.79 Å². The van der Waals surface area contributed by atoms with E-state index < -0.39 is 12.1 Å². The van der Waals surface area contributed by atoms with Crippen LogP contribution >= 0.6 is 0 Å². The number of hydrogen-bond donors (Lipinski definition) is 2. The Morgan fingerprint density at radius 1 is 1.41 bits per heavy atom. The minimum absolute atomic E-state index is 0.0781. The second kappa shape index (κ2) is 9.36. The highest BCUT2D eigenvalue weighted by atomic mass is 16.5. The fraction of sp³-hybridized carbons (Fsp3) is 0.450. The molecular weight excluding hydrogens is 344 g/mol. The molecule has 0 saturated carbocycles. The molecule has 140 valence electrons. The van der Waals surface area contributed by atoms with Crippen molar-refractivity contribution in [3.8, 4) is 36.0 Å². The van der Waals surface area contributed by atoms with Gasteiger partial charge in [0, 0.05) is 6.54 Å². The third kappa shape index (κ3) is 5.06. The van der Waals surface area contributed by atoms with Crippen molar-refractivity contribution in [2.24, 2.45) is 5.92 Å². The number of alkyl carbamates (subject to hydrolysis) is 1. The molecule has 2 heterocycles. The molecule has 27 heavy (non-hydrogen) atoms. The molecular formula is C20H22N4O3. The Morgan fingerprint density at radius 2 is 2.19 bits per heavy atom. The van der Waals surface area contributed by atoms with Crippen LogP contribution in [0.15, 0.2) is 6.20 Å². The number of terminal acetylenes is 1. The molecule has 2 atom stereocenters. The maximum absolute atomic E-state index is 13.0. The zero-order valence-electron chi connectivity index (χ0n) is 15.6. The molecule has 1 aliphatic rings. The summed E-state index contributed by atoms with van der Waals surface area (Å²) in [5.74, 6) is 13.0. The van der Waals surface area contributed by atoms with E-state index in [9.17, 15) is 9.59 Å². The van der Waals surface area contributed by atoms with E-state index in [1.807, 2.05) is 13.8 Å². The average Bonchev–Trinajstić information content (AvgIpc) is 3.31. The number of carbonyl (C=O) groups excluding carboxylic acids is 2. The number of aromatic amines is 1. The van der Waals surface area contributed by atoms with Gasteiger partial charge in [-0.25, -0.2) is 9.78 Å². The van der Waals surface area contributed by atoms with E-state index in [4.69, 9.17) is 6.42 Å². The molecule has 1 aliphatic heterocycles. The van der Waals surface area contributed by atoms with Crippen molar-refractivity contribution in [2.45, 2.75) is 38.8 Å². The maximum Gasteiger partial charge on any atom is 0.407 e. The molecule has 2 N–H and O–H groups in total. The number of imidazole rings is 1. The monoisotopic (exact) mass is 366 g/mol. The smallest absolute Gasteiger partial charge is 0.407 e. The van der Waals surface area contributed by atoms with Gasteiger partial charge in [-0.15, -0.1) is 6.42 Å². The molecule has 0 bridgehead atoms. The molecule has 0 radical (unpaired) electrons. The fourth-order valence-electron chi connectivity index (χ4n) is 2.93. The minimum Gasteiger partial charge on any atom is -0.453 e. The zero-order valence-corrected chi connectivity index (χ0v) is 15.6. The largest absolute Gasteiger partial charge is 0.453 e. The summed E-state index contributed by atoms with van der Waals surface area (Å²) in [6.45, 7) is 4.35. The van der Waals surface area contributed by atoms with Crippen LogP contribution in [0.1, 0.15) is 44.2 Å². The molecule has 1 saturated heterocycles. The van der Waals surface area contributed by atoms with Gasteiger partial charge in [0.1, 0.15) is 17.6 Å². The van der Waals surface area contributed by atoms with Gasteiger partial charge in [-0.1, -0.05) is 13.8 Å². The number of amides is 2. The normalized spacial score (nSPS) is 16.4. The summed E-state index contributed by atoms with van der Waals surface area (Å²) in [5, 5.41) is 2.62. The predicted octanol–water partition coefficient (Wildman–Crippen LogP) is 1.44. The van der Waals surface area contributed by atoms with Gasteiger partial charge in [-0.05, 0) is 48.4 Å². The number of nitrogens with zero attached hydrogens (tertiary/aromatic N) is 2. The molecule has 0 aliphatic carbocycles. The number of nitrogens with one attached hydrogen (secondary N) is 2. The molecule has 2 unspecified atom stereocenters. The zero-order chi connectivity index (χ0) is 19.8. The van der Waals surface area contributed by atoms with E-state index in [0.29, 0.717) is 18.1 Å². The van der Waals surface area contributed by atoms with Crippen molar-refractivity contribution in [1.29, 1.82) is 0 Å². The second-order valence-corrected chi connectivity index (χ2v) is 6.37. The first kappa shape index (κ1) is 19.9. The Hall–Kier alpha value is -3.37. The number of methoxy groups -OCH3 is 1. The molecule has 2 rings (SSSR count). The van der Waals surface area contributed by atoms with Gasteiger partial charge in [0.15, 0.2) is 0 Å². The number of hydrogen-bond acceptors (Lipinski definition) is 4. The molecule has 7 nitrogen and oxygen atoms in total. The van der Waals surface area contributed by atoms with Crippen LogP contribution in [0, 0.1) is 41.9 Å². The number of likely N-dealkylation sites (tertiary alicyclic amines) is 1. The lowest BCUT2D eigenvalue weighted by Crippen LogP contribution is -2.51. The lowest BCUT2D eigenvalue weighted by Gasteiger charge is -2.29. The molecule has 2 amide bonds. The quantitative estimate of drug-likeness (QED) is 0.790. The molecule has 0 aromatic carbocycles. The van der Waals surface area contributed by atoms with E-state index in [1.54, 1.807) is 11.1 Å². The van der Waals surface area contributed by atoms with Crippen molar-refractivity contribution in [3.63, 3.8) is 0 Å². The summed E-state index contributed by atoms with van der Waals surface area (Å²) >= 11 is 0. The van der Waals surface area contributed by atoms with Crippen molar-refractivity contribution in [1.82, 2.24) is 20.2 Å². The Labute approximate surface area is 159 Å². The van der Waals surface area contributed by atoms with Gasteiger partial charge in [0.2, 0.25) is 5.91 Å². The van der Waals surface area contributed by atoms with E-state index in [-0.39, 0.29) is 17.9 Å². The van der Waals surface area contributed by atoms with E-state index in [2.05, 4.69) is 49.6 Å². The van der Waals surface area contributed by atoms with Crippen LogP contribution in [-0.4, -0.2) is 46.6 Å². The molecule has 1 aromatic heterocycles. The number of H-pyrrole nitrogens is 1. The van der Waals surface area contributed by atoms with E-state index in [1.165, 1.54) is 7.11 Å². The summed E-state index contributed by atoms with van der Waals surface area (Å²) in [7, 11) is 1.27. The molecule has 0 spiro atoms. The second-order valence-electron chi connectivity index (χ2n) is 6.37. The Balaban J connectivity index is 2.17. The van der Waals surface area contributed by atoms with Gasteiger partial charge < -0.3 is 19.9 Å². The molecule has 7 heteroatoms. The first-order chi connectivity index (χ1) is 13.0. The average molecular weight is 366 g/mol. The third-order valence-corrected chi connectivity index (χ3v) is 4.23. The van der Waals surface area contributed by atoms with Crippen LogP contribution in [0.3, 0.4) is 0 Å². The van der Waals surface area contributed by atoms with Gasteiger partial charge in [0.25, 0.3) is 0 Å². The van der Waals surface area contributed by atoms with Gasteiger partial charge >= 0.3 is 6.09 Å². The van der Waals surface area contributed by atoms with Crippen LogP contribution in [0.2, 0.25) is 0 Å². The highest BCUT2D eigenvalue weighted by molar-refractivity contribution is 5.86. The number of aromatic nitrogens is 2. The van der Waals surface area contributed by atoms with E-state index >= 15 is 0 Å². The molecule has 1 aromatic rings. The summed E-state index contributed by atoms with van der Waals surface area (Å²) in [5.41, 5.74) is 0.601. The number of carbonyl (C=O) groups is 2. The lowest BCUT2D eigenvalue weighted by atomic mass is 10.0.